The summed E-state index contributed by atoms with van der Waals surface area (Å²) in [6, 6.07) is 3.10. The molecular weight excluding hydrogens is 225 g/mol. The number of benzene rings is 1. The number of nitrogens with zero attached hydrogens (tertiary/aromatic N) is 1. The summed E-state index contributed by atoms with van der Waals surface area (Å²) in [7, 11) is 3.32. The number of fused-ring (bicyclic) bond motifs is 1. The summed E-state index contributed by atoms with van der Waals surface area (Å²) in [5.74, 6) is -0.145. The molecule has 0 N–H and O–H groups in total. The van der Waals surface area contributed by atoms with E-state index in [1.807, 2.05) is 24.7 Å². The van der Waals surface area contributed by atoms with Crippen LogP contribution in [0.25, 0.3) is 10.9 Å². The van der Waals surface area contributed by atoms with Gasteiger partial charge in [0, 0.05) is 24.7 Å². The van der Waals surface area contributed by atoms with Crippen LogP contribution in [0.2, 0.25) is 0 Å². The highest BCUT2D eigenvalue weighted by molar-refractivity contribution is 7.71. The molecule has 0 aliphatic heterocycles. The van der Waals surface area contributed by atoms with E-state index in [2.05, 4.69) is 0 Å². The number of hydrogen-bond donors (Lipinski definition) is 0. The van der Waals surface area contributed by atoms with Gasteiger partial charge in [0.15, 0.2) is 11.6 Å². The Balaban J connectivity index is 2.96. The van der Waals surface area contributed by atoms with Gasteiger partial charge in [0.25, 0.3) is 0 Å². The van der Waals surface area contributed by atoms with E-state index < -0.39 is 0 Å². The van der Waals surface area contributed by atoms with E-state index in [9.17, 15) is 4.39 Å². The van der Waals surface area contributed by atoms with Crippen molar-refractivity contribution in [3.8, 4) is 5.75 Å². The molecule has 4 heteroatoms. The van der Waals surface area contributed by atoms with Gasteiger partial charge in [-0.1, -0.05) is 12.2 Å². The molecule has 0 spiro atoms. The SMILES string of the molecule is COc1cc2c(=S)c(C)cn(C)c2cc1F. The van der Waals surface area contributed by atoms with Gasteiger partial charge in [-0.05, 0) is 18.6 Å². The van der Waals surface area contributed by atoms with Crippen LogP contribution in [0.5, 0.6) is 5.75 Å². The number of aryl methyl sites for hydroxylation is 2. The van der Waals surface area contributed by atoms with Crippen LogP contribution in [-0.4, -0.2) is 11.7 Å². The molecule has 2 nitrogen and oxygen atoms in total. The third-order valence-electron chi connectivity index (χ3n) is 2.64. The Kier molecular flexibility index (Phi) is 2.68. The Morgan fingerprint density at radius 3 is 2.69 bits per heavy atom. The number of hydrogen-bond acceptors (Lipinski definition) is 2. The summed E-state index contributed by atoms with van der Waals surface area (Å²) in [6.45, 7) is 1.94. The second-order valence-corrected chi connectivity index (χ2v) is 4.16. The molecule has 2 rings (SSSR count). The van der Waals surface area contributed by atoms with E-state index in [-0.39, 0.29) is 11.6 Å². The van der Waals surface area contributed by atoms with E-state index in [4.69, 9.17) is 17.0 Å². The van der Waals surface area contributed by atoms with Crippen molar-refractivity contribution in [2.24, 2.45) is 7.05 Å². The molecule has 0 atom stereocenters. The topological polar surface area (TPSA) is 14.2 Å². The van der Waals surface area contributed by atoms with Crippen molar-refractivity contribution in [1.29, 1.82) is 0 Å². The van der Waals surface area contributed by atoms with Crippen molar-refractivity contribution in [2.45, 2.75) is 6.92 Å². The normalized spacial score (nSPS) is 10.8. The molecule has 1 aromatic heterocycles. The fourth-order valence-corrected chi connectivity index (χ4v) is 2.02. The molecule has 2 aromatic rings. The quantitative estimate of drug-likeness (QED) is 0.706. The van der Waals surface area contributed by atoms with Gasteiger partial charge in [-0.3, -0.25) is 0 Å². The molecule has 0 radical (unpaired) electrons. The highest BCUT2D eigenvalue weighted by atomic mass is 32.1. The van der Waals surface area contributed by atoms with Gasteiger partial charge in [-0.2, -0.15) is 0 Å². The van der Waals surface area contributed by atoms with Crippen LogP contribution in [0.1, 0.15) is 5.56 Å². The number of pyridine rings is 1. The molecule has 0 amide bonds. The maximum Gasteiger partial charge on any atom is 0.167 e. The Bertz CT molecular complexity index is 618. The maximum absolute atomic E-state index is 13.6. The average Bonchev–Trinajstić information content (AvgIpc) is 2.25. The number of methoxy groups -OCH3 is 1. The van der Waals surface area contributed by atoms with Gasteiger partial charge >= 0.3 is 0 Å². The lowest BCUT2D eigenvalue weighted by atomic mass is 10.1. The smallest absolute Gasteiger partial charge is 0.167 e. The lowest BCUT2D eigenvalue weighted by Crippen LogP contribution is -1.97. The number of aromatic nitrogens is 1. The minimum absolute atomic E-state index is 0.226. The molecule has 1 aromatic carbocycles. The molecule has 16 heavy (non-hydrogen) atoms. The minimum Gasteiger partial charge on any atom is -0.494 e. The summed E-state index contributed by atoms with van der Waals surface area (Å²) in [4.78, 5) is 0. The first-order valence-corrected chi connectivity index (χ1v) is 5.29. The third kappa shape index (κ3) is 1.59. The van der Waals surface area contributed by atoms with Crippen LogP contribution in [-0.2, 0) is 7.05 Å². The lowest BCUT2D eigenvalue weighted by molar-refractivity contribution is 0.387. The molecule has 0 saturated heterocycles. The van der Waals surface area contributed by atoms with Crippen molar-refractivity contribution in [1.82, 2.24) is 4.57 Å². The summed E-state index contributed by atoms with van der Waals surface area (Å²) in [5, 5.41) is 0.843. The standard InChI is InChI=1S/C12H12FNOS/c1-7-6-14(2)10-5-9(13)11(15-3)4-8(10)12(7)16/h4-6H,1-3H3. The molecular formula is C12H12FNOS. The summed E-state index contributed by atoms with van der Waals surface area (Å²) in [5.41, 5.74) is 1.77. The number of rotatable bonds is 1. The predicted octanol–water partition coefficient (Wildman–Crippen LogP) is 3.36. The summed E-state index contributed by atoms with van der Waals surface area (Å²) < 4.78 is 21.1. The lowest BCUT2D eigenvalue weighted by Gasteiger charge is -2.10. The maximum atomic E-state index is 13.6. The van der Waals surface area contributed by atoms with Gasteiger partial charge in [0.2, 0.25) is 0 Å². The molecule has 0 saturated carbocycles. The largest absolute Gasteiger partial charge is 0.494 e. The van der Waals surface area contributed by atoms with Crippen LogP contribution >= 0.6 is 12.2 Å². The number of ether oxygens (including phenoxy) is 1. The average molecular weight is 237 g/mol. The highest BCUT2D eigenvalue weighted by Crippen LogP contribution is 2.26. The zero-order valence-corrected chi connectivity index (χ0v) is 10.2. The third-order valence-corrected chi connectivity index (χ3v) is 3.18. The van der Waals surface area contributed by atoms with Gasteiger partial charge in [0.05, 0.1) is 17.1 Å². The van der Waals surface area contributed by atoms with Crippen molar-refractivity contribution >= 4 is 23.1 Å². The Morgan fingerprint density at radius 2 is 2.06 bits per heavy atom. The highest BCUT2D eigenvalue weighted by Gasteiger charge is 2.08. The molecule has 0 fully saturated rings. The molecule has 0 aliphatic carbocycles. The Morgan fingerprint density at radius 1 is 1.38 bits per heavy atom. The van der Waals surface area contributed by atoms with E-state index >= 15 is 0 Å². The van der Waals surface area contributed by atoms with Crippen LogP contribution < -0.4 is 4.74 Å². The molecule has 0 aliphatic rings. The van der Waals surface area contributed by atoms with Crippen LogP contribution in [0.15, 0.2) is 18.3 Å². The first-order chi connectivity index (χ1) is 7.54. The first-order valence-electron chi connectivity index (χ1n) is 4.88. The summed E-state index contributed by atoms with van der Waals surface area (Å²) >= 11 is 5.31. The fourth-order valence-electron chi connectivity index (χ4n) is 1.80. The van der Waals surface area contributed by atoms with Crippen molar-refractivity contribution < 1.29 is 9.13 Å². The Labute approximate surface area is 98.3 Å². The van der Waals surface area contributed by atoms with Gasteiger partial charge < -0.3 is 9.30 Å². The van der Waals surface area contributed by atoms with Gasteiger partial charge in [-0.25, -0.2) is 4.39 Å². The van der Waals surface area contributed by atoms with Gasteiger partial charge in [0.1, 0.15) is 0 Å². The minimum atomic E-state index is -0.371. The van der Waals surface area contributed by atoms with E-state index in [1.54, 1.807) is 6.07 Å². The zero-order valence-electron chi connectivity index (χ0n) is 9.37. The van der Waals surface area contributed by atoms with E-state index in [0.29, 0.717) is 0 Å². The van der Waals surface area contributed by atoms with Crippen molar-refractivity contribution in [3.63, 3.8) is 0 Å². The van der Waals surface area contributed by atoms with Crippen molar-refractivity contribution in [3.05, 3.63) is 34.2 Å². The van der Waals surface area contributed by atoms with Crippen LogP contribution in [0.4, 0.5) is 4.39 Å². The second-order valence-electron chi connectivity index (χ2n) is 3.76. The van der Waals surface area contributed by atoms with Crippen molar-refractivity contribution in [2.75, 3.05) is 7.11 Å². The predicted molar refractivity (Wildman–Crippen MR) is 65.0 cm³/mol. The van der Waals surface area contributed by atoms with Crippen LogP contribution in [0, 0.1) is 17.3 Å². The fraction of sp³-hybridized carbons (Fsp3) is 0.250. The molecule has 0 bridgehead atoms. The first kappa shape index (κ1) is 11.1. The van der Waals surface area contributed by atoms with Gasteiger partial charge in [-0.15, -0.1) is 0 Å². The van der Waals surface area contributed by atoms with Crippen LogP contribution in [0.3, 0.4) is 0 Å². The Hall–Kier alpha value is -1.42. The molecule has 0 unspecified atom stereocenters. The molecule has 1 heterocycles. The number of halogens is 1. The van der Waals surface area contributed by atoms with E-state index in [0.717, 1.165) is 21.0 Å². The molecule has 84 valence electrons. The second kappa shape index (κ2) is 3.87. The van der Waals surface area contributed by atoms with E-state index in [1.165, 1.54) is 13.2 Å². The monoisotopic (exact) mass is 237 g/mol. The zero-order chi connectivity index (χ0) is 11.9. The summed E-state index contributed by atoms with van der Waals surface area (Å²) in [6.07, 6.45) is 1.90.